The monoisotopic (exact) mass is 177 g/mol. The van der Waals surface area contributed by atoms with E-state index >= 15 is 0 Å². The predicted octanol–water partition coefficient (Wildman–Crippen LogP) is 1.12. The first-order chi connectivity index (χ1) is 6.26. The van der Waals surface area contributed by atoms with Crippen molar-refractivity contribution in [3.8, 4) is 11.8 Å². The number of hydrogen-bond donors (Lipinski definition) is 1. The Bertz CT molecular complexity index is 317. The fraction of sp³-hybridized carbons (Fsp3) is 0.300. The molecule has 1 rings (SSSR count). The predicted molar refractivity (Wildman–Crippen MR) is 48.3 cm³/mol. The number of ether oxygens (including phenoxy) is 1. The van der Waals surface area contributed by atoms with Gasteiger partial charge in [-0.15, -0.1) is 0 Å². The zero-order valence-electron chi connectivity index (χ0n) is 7.40. The van der Waals surface area contributed by atoms with Crippen LogP contribution in [0, 0.1) is 11.3 Å². The molecule has 68 valence electrons. The fourth-order valence-electron chi connectivity index (χ4n) is 1.07. The van der Waals surface area contributed by atoms with Crippen molar-refractivity contribution < 1.29 is 9.84 Å². The zero-order chi connectivity index (χ0) is 9.68. The van der Waals surface area contributed by atoms with Crippen molar-refractivity contribution >= 4 is 0 Å². The lowest BCUT2D eigenvalue weighted by Crippen LogP contribution is -2.06. The molecule has 0 heterocycles. The van der Waals surface area contributed by atoms with Gasteiger partial charge in [0, 0.05) is 6.42 Å². The quantitative estimate of drug-likeness (QED) is 0.704. The molecule has 0 aliphatic heterocycles. The third kappa shape index (κ3) is 2.77. The standard InChI is InChI=1S/C10H11NO2/c1-13-10-4-2-3-8(6-10)5-9(12)7-11/h2-4,6,9,12H,5H2,1H3. The van der Waals surface area contributed by atoms with E-state index in [-0.39, 0.29) is 0 Å². The van der Waals surface area contributed by atoms with Crippen LogP contribution in [0.2, 0.25) is 0 Å². The van der Waals surface area contributed by atoms with Crippen LogP contribution < -0.4 is 4.74 Å². The second-order valence-electron chi connectivity index (χ2n) is 2.70. The van der Waals surface area contributed by atoms with E-state index in [0.29, 0.717) is 6.42 Å². The third-order valence-electron chi connectivity index (χ3n) is 1.71. The van der Waals surface area contributed by atoms with Gasteiger partial charge in [0.2, 0.25) is 0 Å². The minimum atomic E-state index is -0.938. The highest BCUT2D eigenvalue weighted by Crippen LogP contribution is 2.13. The first-order valence-electron chi connectivity index (χ1n) is 3.97. The molecule has 1 N–H and O–H groups in total. The van der Waals surface area contributed by atoms with Crippen LogP contribution >= 0.6 is 0 Å². The van der Waals surface area contributed by atoms with Crippen LogP contribution in [0.4, 0.5) is 0 Å². The van der Waals surface area contributed by atoms with E-state index in [9.17, 15) is 0 Å². The topological polar surface area (TPSA) is 53.2 Å². The summed E-state index contributed by atoms with van der Waals surface area (Å²) >= 11 is 0. The molecule has 1 aromatic carbocycles. The minimum Gasteiger partial charge on any atom is -0.497 e. The first-order valence-corrected chi connectivity index (χ1v) is 3.97. The normalized spacial score (nSPS) is 11.8. The van der Waals surface area contributed by atoms with Crippen LogP contribution in [0.1, 0.15) is 5.56 Å². The summed E-state index contributed by atoms with van der Waals surface area (Å²) in [7, 11) is 1.58. The number of aliphatic hydroxyl groups excluding tert-OH is 1. The van der Waals surface area contributed by atoms with Crippen molar-refractivity contribution in [2.75, 3.05) is 7.11 Å². The van der Waals surface area contributed by atoms with Crippen molar-refractivity contribution in [2.24, 2.45) is 0 Å². The van der Waals surface area contributed by atoms with E-state index in [1.807, 2.05) is 18.2 Å². The molecule has 3 nitrogen and oxygen atoms in total. The van der Waals surface area contributed by atoms with Gasteiger partial charge in [-0.25, -0.2) is 0 Å². The van der Waals surface area contributed by atoms with E-state index in [1.54, 1.807) is 19.2 Å². The summed E-state index contributed by atoms with van der Waals surface area (Å²) in [6.07, 6.45) is -0.597. The Morgan fingerprint density at radius 1 is 1.62 bits per heavy atom. The average molecular weight is 177 g/mol. The molecule has 0 saturated heterocycles. The SMILES string of the molecule is COc1cccc(CC(O)C#N)c1. The van der Waals surface area contributed by atoms with Crippen LogP contribution in [0.25, 0.3) is 0 Å². The van der Waals surface area contributed by atoms with Gasteiger partial charge in [-0.2, -0.15) is 5.26 Å². The second-order valence-corrected chi connectivity index (χ2v) is 2.70. The number of rotatable bonds is 3. The third-order valence-corrected chi connectivity index (χ3v) is 1.71. The van der Waals surface area contributed by atoms with Gasteiger partial charge < -0.3 is 9.84 Å². The summed E-state index contributed by atoms with van der Waals surface area (Å²) < 4.78 is 5.01. The van der Waals surface area contributed by atoms with Gasteiger partial charge in [-0.3, -0.25) is 0 Å². The average Bonchev–Trinajstić information content (AvgIpc) is 2.18. The summed E-state index contributed by atoms with van der Waals surface area (Å²) in [5.41, 5.74) is 0.897. The Balaban J connectivity index is 2.73. The molecule has 1 atom stereocenters. The van der Waals surface area contributed by atoms with Gasteiger partial charge in [0.15, 0.2) is 0 Å². The highest BCUT2D eigenvalue weighted by atomic mass is 16.5. The summed E-state index contributed by atoms with van der Waals surface area (Å²) in [4.78, 5) is 0. The molecule has 13 heavy (non-hydrogen) atoms. The maximum Gasteiger partial charge on any atom is 0.144 e. The Morgan fingerprint density at radius 2 is 2.38 bits per heavy atom. The summed E-state index contributed by atoms with van der Waals surface area (Å²) in [6.45, 7) is 0. The largest absolute Gasteiger partial charge is 0.497 e. The maximum absolute atomic E-state index is 9.07. The van der Waals surface area contributed by atoms with Gasteiger partial charge >= 0.3 is 0 Å². The lowest BCUT2D eigenvalue weighted by atomic mass is 10.1. The van der Waals surface area contributed by atoms with Gasteiger partial charge in [-0.1, -0.05) is 12.1 Å². The Morgan fingerprint density at radius 3 is 3.00 bits per heavy atom. The Hall–Kier alpha value is -1.53. The summed E-state index contributed by atoms with van der Waals surface area (Å²) in [5.74, 6) is 0.739. The van der Waals surface area contributed by atoms with Crippen molar-refractivity contribution in [3.63, 3.8) is 0 Å². The maximum atomic E-state index is 9.07. The zero-order valence-corrected chi connectivity index (χ0v) is 7.40. The van der Waals surface area contributed by atoms with Gasteiger partial charge in [0.1, 0.15) is 11.9 Å². The van der Waals surface area contributed by atoms with Crippen molar-refractivity contribution in [1.82, 2.24) is 0 Å². The molecule has 0 aromatic heterocycles. The first kappa shape index (κ1) is 9.56. The van der Waals surface area contributed by atoms with E-state index in [0.717, 1.165) is 11.3 Å². The van der Waals surface area contributed by atoms with Crippen LogP contribution in [0.5, 0.6) is 5.75 Å². The smallest absolute Gasteiger partial charge is 0.144 e. The molecule has 0 aliphatic carbocycles. The molecule has 0 radical (unpaired) electrons. The lowest BCUT2D eigenvalue weighted by Gasteiger charge is -2.04. The van der Waals surface area contributed by atoms with Gasteiger partial charge in [0.05, 0.1) is 13.2 Å². The van der Waals surface area contributed by atoms with Crippen LogP contribution in [0.15, 0.2) is 24.3 Å². The second kappa shape index (κ2) is 4.48. The summed E-state index contributed by atoms with van der Waals surface area (Å²) in [5, 5.41) is 17.5. The van der Waals surface area contributed by atoms with Gasteiger partial charge in [-0.05, 0) is 17.7 Å². The lowest BCUT2D eigenvalue weighted by molar-refractivity contribution is 0.231. The molecular weight excluding hydrogens is 166 g/mol. The highest BCUT2D eigenvalue weighted by Gasteiger charge is 2.03. The molecule has 0 fully saturated rings. The van der Waals surface area contributed by atoms with E-state index in [1.165, 1.54) is 0 Å². The molecule has 0 aliphatic rings. The molecule has 3 heteroatoms. The van der Waals surface area contributed by atoms with Crippen molar-refractivity contribution in [3.05, 3.63) is 29.8 Å². The Kier molecular flexibility index (Phi) is 3.30. The van der Waals surface area contributed by atoms with E-state index in [2.05, 4.69) is 0 Å². The van der Waals surface area contributed by atoms with Crippen LogP contribution in [0.3, 0.4) is 0 Å². The summed E-state index contributed by atoms with van der Waals surface area (Å²) in [6, 6.07) is 9.08. The van der Waals surface area contributed by atoms with Crippen LogP contribution in [-0.2, 0) is 6.42 Å². The number of nitrogens with zero attached hydrogens (tertiary/aromatic N) is 1. The van der Waals surface area contributed by atoms with Crippen molar-refractivity contribution in [1.29, 1.82) is 5.26 Å². The number of benzene rings is 1. The van der Waals surface area contributed by atoms with E-state index in [4.69, 9.17) is 15.1 Å². The van der Waals surface area contributed by atoms with E-state index < -0.39 is 6.10 Å². The minimum absolute atomic E-state index is 0.341. The molecule has 0 saturated carbocycles. The van der Waals surface area contributed by atoms with Crippen LogP contribution in [-0.4, -0.2) is 18.3 Å². The molecule has 0 amide bonds. The number of aliphatic hydroxyl groups is 1. The molecule has 1 aromatic rings. The molecule has 1 unspecified atom stereocenters. The Labute approximate surface area is 77.2 Å². The number of hydrogen-bond acceptors (Lipinski definition) is 3. The van der Waals surface area contributed by atoms with Gasteiger partial charge in [0.25, 0.3) is 0 Å². The molecular formula is C10H11NO2. The fourth-order valence-corrected chi connectivity index (χ4v) is 1.07. The number of methoxy groups -OCH3 is 1. The molecule has 0 spiro atoms. The van der Waals surface area contributed by atoms with Crippen molar-refractivity contribution in [2.45, 2.75) is 12.5 Å². The highest BCUT2D eigenvalue weighted by molar-refractivity contribution is 5.29. The number of nitriles is 1. The molecule has 0 bridgehead atoms.